The molecule has 0 atom stereocenters. The van der Waals surface area contributed by atoms with E-state index in [1.54, 1.807) is 43.3 Å². The van der Waals surface area contributed by atoms with Gasteiger partial charge in [0.2, 0.25) is 0 Å². The second-order valence-electron chi connectivity index (χ2n) is 7.51. The number of nitrogens with zero attached hydrogens (tertiary/aromatic N) is 1. The molecule has 0 saturated carbocycles. The van der Waals surface area contributed by atoms with Crippen LogP contribution in [0.15, 0.2) is 60.2 Å². The van der Waals surface area contributed by atoms with Crippen molar-refractivity contribution in [3.63, 3.8) is 0 Å². The van der Waals surface area contributed by atoms with E-state index in [-0.39, 0.29) is 28.8 Å². The maximum atomic E-state index is 13.9. The van der Waals surface area contributed by atoms with Crippen molar-refractivity contribution in [1.29, 1.82) is 5.26 Å². The number of carbonyl (C=O) groups excluding carboxylic acids is 1. The smallest absolute Gasteiger partial charge is 0.266 e. The highest BCUT2D eigenvalue weighted by atomic mass is 35.5. The Hall–Kier alpha value is -3.82. The second-order valence-corrected chi connectivity index (χ2v) is 7.92. The molecule has 0 saturated heterocycles. The Morgan fingerprint density at radius 1 is 1.15 bits per heavy atom. The van der Waals surface area contributed by atoms with E-state index in [0.717, 1.165) is 11.1 Å². The van der Waals surface area contributed by atoms with Crippen LogP contribution in [0.1, 0.15) is 29.2 Å². The third-order valence-electron chi connectivity index (χ3n) is 5.19. The normalized spacial score (nSPS) is 11.0. The minimum atomic E-state index is -0.537. The largest absolute Gasteiger partial charge is 0.490 e. The Morgan fingerprint density at radius 3 is 2.62 bits per heavy atom. The molecule has 0 aliphatic carbocycles. The van der Waals surface area contributed by atoms with E-state index >= 15 is 0 Å². The molecule has 174 valence electrons. The Kier molecular flexibility index (Phi) is 8.29. The lowest BCUT2D eigenvalue weighted by Gasteiger charge is -2.15. The number of carbonyl (C=O) groups is 1. The zero-order valence-corrected chi connectivity index (χ0v) is 19.9. The first-order valence-electron chi connectivity index (χ1n) is 10.7. The van der Waals surface area contributed by atoms with Gasteiger partial charge in [-0.3, -0.25) is 4.79 Å². The van der Waals surface area contributed by atoms with E-state index in [0.29, 0.717) is 29.2 Å². The highest BCUT2D eigenvalue weighted by Gasteiger charge is 2.16. The van der Waals surface area contributed by atoms with Gasteiger partial charge in [-0.25, -0.2) is 4.39 Å². The number of benzene rings is 3. The van der Waals surface area contributed by atoms with E-state index in [2.05, 4.69) is 5.32 Å². The summed E-state index contributed by atoms with van der Waals surface area (Å²) in [6.07, 6.45) is 1.43. The van der Waals surface area contributed by atoms with Gasteiger partial charge >= 0.3 is 0 Å². The van der Waals surface area contributed by atoms with Gasteiger partial charge in [-0.2, -0.15) is 5.26 Å². The number of hydrogen-bond acceptors (Lipinski definition) is 4. The number of nitrogens with one attached hydrogen (secondary N) is 1. The molecule has 0 fully saturated rings. The Balaban J connectivity index is 1.87. The highest BCUT2D eigenvalue weighted by Crippen LogP contribution is 2.38. The van der Waals surface area contributed by atoms with Crippen molar-refractivity contribution in [3.8, 4) is 17.6 Å². The van der Waals surface area contributed by atoms with Crippen LogP contribution in [0.25, 0.3) is 6.08 Å². The van der Waals surface area contributed by atoms with Crippen LogP contribution in [0.2, 0.25) is 5.02 Å². The summed E-state index contributed by atoms with van der Waals surface area (Å²) in [5.74, 6) is -0.345. The molecule has 0 unspecified atom stereocenters. The van der Waals surface area contributed by atoms with Crippen LogP contribution in [0.5, 0.6) is 11.5 Å². The molecule has 5 nitrogen and oxygen atoms in total. The number of ether oxygens (including phenoxy) is 2. The van der Waals surface area contributed by atoms with Gasteiger partial charge in [0.1, 0.15) is 24.1 Å². The lowest BCUT2D eigenvalue weighted by Crippen LogP contribution is -2.14. The summed E-state index contributed by atoms with van der Waals surface area (Å²) in [6.45, 7) is 5.94. The summed E-state index contributed by atoms with van der Waals surface area (Å²) in [6, 6.07) is 17.0. The average Bonchev–Trinajstić information content (AvgIpc) is 2.81. The van der Waals surface area contributed by atoms with Gasteiger partial charge < -0.3 is 14.8 Å². The average molecular weight is 479 g/mol. The highest BCUT2D eigenvalue weighted by molar-refractivity contribution is 6.32. The van der Waals surface area contributed by atoms with E-state index < -0.39 is 5.91 Å². The van der Waals surface area contributed by atoms with Crippen LogP contribution in [-0.4, -0.2) is 12.5 Å². The fraction of sp³-hybridized carbons (Fsp3) is 0.185. The van der Waals surface area contributed by atoms with Crippen molar-refractivity contribution in [2.45, 2.75) is 27.4 Å². The quantitative estimate of drug-likeness (QED) is 0.292. The van der Waals surface area contributed by atoms with Gasteiger partial charge in [-0.15, -0.1) is 0 Å². The molecular formula is C27H24ClFN2O3. The van der Waals surface area contributed by atoms with Crippen LogP contribution in [0, 0.1) is 31.0 Å². The molecule has 0 bridgehead atoms. The zero-order chi connectivity index (χ0) is 24.7. The van der Waals surface area contributed by atoms with Crippen molar-refractivity contribution in [2.75, 3.05) is 11.9 Å². The monoisotopic (exact) mass is 478 g/mol. The maximum absolute atomic E-state index is 13.9. The van der Waals surface area contributed by atoms with Gasteiger partial charge in [0.05, 0.1) is 11.6 Å². The molecule has 0 heterocycles. The molecule has 3 aromatic carbocycles. The third kappa shape index (κ3) is 5.94. The number of aryl methyl sites for hydroxylation is 1. The van der Waals surface area contributed by atoms with Crippen molar-refractivity contribution in [2.24, 2.45) is 0 Å². The number of halogens is 2. The second kappa shape index (κ2) is 11.4. The number of anilines is 1. The number of amides is 1. The van der Waals surface area contributed by atoms with E-state index in [1.807, 2.05) is 32.0 Å². The molecular weight excluding hydrogens is 455 g/mol. The first kappa shape index (κ1) is 24.8. The van der Waals surface area contributed by atoms with Gasteiger partial charge in [0, 0.05) is 11.3 Å². The van der Waals surface area contributed by atoms with Crippen molar-refractivity contribution in [1.82, 2.24) is 0 Å². The number of rotatable bonds is 8. The van der Waals surface area contributed by atoms with Crippen molar-refractivity contribution >= 4 is 29.3 Å². The molecule has 3 rings (SSSR count). The van der Waals surface area contributed by atoms with Crippen LogP contribution in [0.3, 0.4) is 0 Å². The lowest BCUT2D eigenvalue weighted by molar-refractivity contribution is -0.112. The summed E-state index contributed by atoms with van der Waals surface area (Å²) in [5.41, 5.74) is 3.35. The molecule has 7 heteroatoms. The fourth-order valence-electron chi connectivity index (χ4n) is 3.23. The van der Waals surface area contributed by atoms with Gasteiger partial charge in [-0.1, -0.05) is 41.9 Å². The van der Waals surface area contributed by atoms with E-state index in [4.69, 9.17) is 21.1 Å². The first-order chi connectivity index (χ1) is 16.3. The minimum Gasteiger partial charge on any atom is -0.490 e. The maximum Gasteiger partial charge on any atom is 0.266 e. The molecule has 0 aliphatic rings. The number of nitriles is 1. The third-order valence-corrected chi connectivity index (χ3v) is 5.47. The van der Waals surface area contributed by atoms with Crippen LogP contribution < -0.4 is 14.8 Å². The van der Waals surface area contributed by atoms with E-state index in [9.17, 15) is 14.4 Å². The molecule has 0 aromatic heterocycles. The summed E-state index contributed by atoms with van der Waals surface area (Å²) < 4.78 is 25.4. The fourth-order valence-corrected chi connectivity index (χ4v) is 3.50. The van der Waals surface area contributed by atoms with E-state index in [1.165, 1.54) is 12.1 Å². The molecule has 0 aliphatic heterocycles. The Morgan fingerprint density at radius 2 is 1.91 bits per heavy atom. The minimum absolute atomic E-state index is 0.0383. The van der Waals surface area contributed by atoms with Gasteiger partial charge in [-0.05, 0) is 67.8 Å². The molecule has 1 N–H and O–H groups in total. The zero-order valence-electron chi connectivity index (χ0n) is 19.1. The summed E-state index contributed by atoms with van der Waals surface area (Å²) in [4.78, 5) is 12.7. The summed E-state index contributed by atoms with van der Waals surface area (Å²) >= 11 is 6.44. The van der Waals surface area contributed by atoms with Crippen LogP contribution in [-0.2, 0) is 11.4 Å². The molecule has 34 heavy (non-hydrogen) atoms. The Labute approximate surface area is 203 Å². The lowest BCUT2D eigenvalue weighted by atomic mass is 10.1. The van der Waals surface area contributed by atoms with Crippen LogP contribution >= 0.6 is 11.6 Å². The first-order valence-corrected chi connectivity index (χ1v) is 11.0. The predicted molar refractivity (Wildman–Crippen MR) is 131 cm³/mol. The molecule has 1 amide bonds. The summed E-state index contributed by atoms with van der Waals surface area (Å²) in [7, 11) is 0. The molecule has 0 spiro atoms. The molecule has 0 radical (unpaired) electrons. The topological polar surface area (TPSA) is 71.3 Å². The van der Waals surface area contributed by atoms with Gasteiger partial charge in [0.25, 0.3) is 5.91 Å². The summed E-state index contributed by atoms with van der Waals surface area (Å²) in [5, 5.41) is 12.6. The Bertz CT molecular complexity index is 1280. The van der Waals surface area contributed by atoms with Crippen molar-refractivity contribution in [3.05, 3.63) is 93.3 Å². The number of hydrogen-bond donors (Lipinski definition) is 1. The van der Waals surface area contributed by atoms with Crippen molar-refractivity contribution < 1.29 is 18.7 Å². The predicted octanol–water partition coefficient (Wildman–Crippen LogP) is 6.62. The standard InChI is InChI=1S/C27H24ClFN2O3/c1-4-33-25-14-19(13-22(28)26(25)34-16-20-9-5-6-10-23(20)29)12-21(15-30)27(32)31-24-11-7-8-17(2)18(24)3/h5-14H,4,16H2,1-3H3,(H,31,32)/b21-12+. The molecule has 3 aromatic rings. The SMILES string of the molecule is CCOc1cc(/C=C(\C#N)C(=O)Nc2cccc(C)c2C)cc(Cl)c1OCc1ccccc1F. The van der Waals surface area contributed by atoms with Crippen LogP contribution in [0.4, 0.5) is 10.1 Å². The van der Waals surface area contributed by atoms with Gasteiger partial charge in [0.15, 0.2) is 11.5 Å².